The van der Waals surface area contributed by atoms with Gasteiger partial charge in [0.25, 0.3) is 0 Å². The van der Waals surface area contributed by atoms with Crippen LogP contribution in [0.2, 0.25) is 0 Å². The lowest BCUT2D eigenvalue weighted by molar-refractivity contribution is 0.0687. The molecular weight excluding hydrogens is 374 g/mol. The number of fused-ring (bicyclic) bond motifs is 1. The van der Waals surface area contributed by atoms with Crippen molar-refractivity contribution < 1.29 is 19.5 Å². The van der Waals surface area contributed by atoms with Crippen LogP contribution in [0.4, 0.5) is 4.79 Å². The Labute approximate surface area is 170 Å². The van der Waals surface area contributed by atoms with Gasteiger partial charge in [0.2, 0.25) is 6.08 Å². The number of hydrogen-bond acceptors (Lipinski definition) is 5. The number of nitrogens with zero attached hydrogens (tertiary/aromatic N) is 4. The van der Waals surface area contributed by atoms with E-state index in [0.717, 1.165) is 25.0 Å². The van der Waals surface area contributed by atoms with E-state index in [9.17, 15) is 19.5 Å². The topological polar surface area (TPSA) is 117 Å². The van der Waals surface area contributed by atoms with Gasteiger partial charge in [0.1, 0.15) is 0 Å². The molecule has 2 aliphatic rings. The largest absolute Gasteiger partial charge is 0.476 e. The molecule has 29 heavy (non-hydrogen) atoms. The maximum absolute atomic E-state index is 12.8. The van der Waals surface area contributed by atoms with Gasteiger partial charge in [-0.2, -0.15) is 5.10 Å². The highest BCUT2D eigenvalue weighted by atomic mass is 16.4. The van der Waals surface area contributed by atoms with Crippen LogP contribution in [0.25, 0.3) is 0 Å². The predicted octanol–water partition coefficient (Wildman–Crippen LogP) is 2.11. The predicted molar refractivity (Wildman–Crippen MR) is 105 cm³/mol. The van der Waals surface area contributed by atoms with E-state index in [1.165, 1.54) is 0 Å². The number of aromatic nitrogens is 2. The molecule has 2 heterocycles. The Morgan fingerprint density at radius 3 is 2.72 bits per heavy atom. The Bertz CT molecular complexity index is 870. The Balaban J connectivity index is 1.67. The van der Waals surface area contributed by atoms with E-state index in [-0.39, 0.29) is 35.1 Å². The minimum Gasteiger partial charge on any atom is -0.476 e. The van der Waals surface area contributed by atoms with Gasteiger partial charge in [0, 0.05) is 37.8 Å². The second-order valence-corrected chi connectivity index (χ2v) is 9.47. The standard InChI is InChI=1S/C20H29N5O4/c1-19(2)7-13(22-12-26)8-20(3,10-19)11-21-18(29)25-6-5-15-14(9-25)16(17(27)28)23-24(15)4/h13H,5-11H2,1-4H3,(H,21,29)(H,27,28). The first kappa shape index (κ1) is 21.0. The molecule has 0 saturated heterocycles. The van der Waals surface area contributed by atoms with Crippen molar-refractivity contribution in [3.05, 3.63) is 17.0 Å². The molecule has 0 spiro atoms. The second-order valence-electron chi connectivity index (χ2n) is 9.47. The molecule has 1 aromatic rings. The number of carboxylic acid groups (broad SMARTS) is 1. The van der Waals surface area contributed by atoms with Crippen molar-refractivity contribution in [2.45, 2.75) is 59.0 Å². The second kappa shape index (κ2) is 7.63. The van der Waals surface area contributed by atoms with Crippen molar-refractivity contribution in [3.8, 4) is 0 Å². The van der Waals surface area contributed by atoms with Crippen molar-refractivity contribution >= 4 is 18.1 Å². The number of carboxylic acids is 1. The summed E-state index contributed by atoms with van der Waals surface area (Å²) in [6.45, 7) is 7.64. The Kier molecular flexibility index (Phi) is 5.54. The fraction of sp³-hybridized carbons (Fsp3) is 0.700. The number of carbonyl (C=O) groups is 2. The number of hydrogen-bond donors (Lipinski definition) is 2. The average Bonchev–Trinajstić information content (AvgIpc) is 2.95. The first-order chi connectivity index (χ1) is 13.5. The van der Waals surface area contributed by atoms with Crippen molar-refractivity contribution in [2.75, 3.05) is 13.1 Å². The maximum Gasteiger partial charge on any atom is 0.356 e. The van der Waals surface area contributed by atoms with Crippen molar-refractivity contribution in [2.24, 2.45) is 22.9 Å². The van der Waals surface area contributed by atoms with Gasteiger partial charge in [-0.25, -0.2) is 19.4 Å². The highest BCUT2D eigenvalue weighted by Gasteiger charge is 2.42. The summed E-state index contributed by atoms with van der Waals surface area (Å²) in [5.74, 6) is -1.08. The van der Waals surface area contributed by atoms with Crippen LogP contribution in [0.3, 0.4) is 0 Å². The molecule has 1 aliphatic heterocycles. The molecule has 1 fully saturated rings. The van der Waals surface area contributed by atoms with E-state index < -0.39 is 5.97 Å². The number of carbonyl (C=O) groups excluding carboxylic acids is 2. The molecule has 2 atom stereocenters. The van der Waals surface area contributed by atoms with E-state index in [2.05, 4.69) is 36.2 Å². The Morgan fingerprint density at radius 2 is 2.07 bits per heavy atom. The summed E-state index contributed by atoms with van der Waals surface area (Å²) >= 11 is 0. The third kappa shape index (κ3) is 4.50. The number of aromatic carboxylic acids is 1. The number of aliphatic imine (C=N–C) groups is 1. The van der Waals surface area contributed by atoms with Crippen LogP contribution in [0.1, 0.15) is 61.8 Å². The van der Waals surface area contributed by atoms with Gasteiger partial charge >= 0.3 is 12.0 Å². The zero-order valence-corrected chi connectivity index (χ0v) is 17.5. The first-order valence-corrected chi connectivity index (χ1v) is 9.91. The molecule has 1 aliphatic carbocycles. The Hall–Kier alpha value is -2.67. The molecule has 158 valence electrons. The summed E-state index contributed by atoms with van der Waals surface area (Å²) in [5, 5.41) is 16.5. The number of rotatable bonds is 4. The first-order valence-electron chi connectivity index (χ1n) is 9.91. The molecule has 2 N–H and O–H groups in total. The summed E-state index contributed by atoms with van der Waals surface area (Å²) in [6.07, 6.45) is 4.72. The van der Waals surface area contributed by atoms with Crippen LogP contribution in [-0.2, 0) is 24.8 Å². The molecule has 0 radical (unpaired) electrons. The summed E-state index contributed by atoms with van der Waals surface area (Å²) in [5.41, 5.74) is 1.32. The lowest BCUT2D eigenvalue weighted by Crippen LogP contribution is -2.49. The van der Waals surface area contributed by atoms with Crippen LogP contribution in [0.15, 0.2) is 4.99 Å². The third-order valence-corrected chi connectivity index (χ3v) is 6.06. The molecule has 2 amide bonds. The van der Waals surface area contributed by atoms with Crippen LogP contribution in [0, 0.1) is 10.8 Å². The molecule has 0 bridgehead atoms. The van der Waals surface area contributed by atoms with Gasteiger partial charge in [-0.15, -0.1) is 0 Å². The number of aryl methyl sites for hydroxylation is 1. The fourth-order valence-corrected chi connectivity index (χ4v) is 5.22. The van der Waals surface area contributed by atoms with E-state index in [1.54, 1.807) is 22.7 Å². The van der Waals surface area contributed by atoms with Gasteiger partial charge in [-0.1, -0.05) is 20.8 Å². The minimum atomic E-state index is -1.08. The summed E-state index contributed by atoms with van der Waals surface area (Å²) in [7, 11) is 1.73. The van der Waals surface area contributed by atoms with Gasteiger partial charge in [0.05, 0.1) is 12.6 Å². The number of nitrogens with one attached hydrogen (secondary N) is 1. The minimum absolute atomic E-state index is 0.00978. The summed E-state index contributed by atoms with van der Waals surface area (Å²) in [6, 6.07) is -0.292. The van der Waals surface area contributed by atoms with E-state index in [0.29, 0.717) is 25.1 Å². The zero-order chi connectivity index (χ0) is 21.4. The number of urea groups is 1. The maximum atomic E-state index is 12.8. The number of isocyanates is 1. The molecular formula is C20H29N5O4. The van der Waals surface area contributed by atoms with Crippen LogP contribution >= 0.6 is 0 Å². The van der Waals surface area contributed by atoms with Gasteiger partial charge in [-0.3, -0.25) is 4.68 Å². The van der Waals surface area contributed by atoms with Crippen LogP contribution < -0.4 is 5.32 Å². The monoisotopic (exact) mass is 403 g/mol. The fourth-order valence-electron chi connectivity index (χ4n) is 5.22. The van der Waals surface area contributed by atoms with E-state index in [1.807, 2.05) is 0 Å². The highest BCUT2D eigenvalue weighted by Crippen LogP contribution is 2.46. The lowest BCUT2D eigenvalue weighted by atomic mass is 9.63. The average molecular weight is 403 g/mol. The third-order valence-electron chi connectivity index (χ3n) is 6.06. The highest BCUT2D eigenvalue weighted by molar-refractivity contribution is 5.87. The summed E-state index contributed by atoms with van der Waals surface area (Å²) in [4.78, 5) is 40.6. The van der Waals surface area contributed by atoms with Crippen LogP contribution in [0.5, 0.6) is 0 Å². The van der Waals surface area contributed by atoms with Gasteiger partial charge in [-0.05, 0) is 30.1 Å². The summed E-state index contributed by atoms with van der Waals surface area (Å²) < 4.78 is 1.59. The smallest absolute Gasteiger partial charge is 0.356 e. The zero-order valence-electron chi connectivity index (χ0n) is 17.5. The molecule has 1 saturated carbocycles. The quantitative estimate of drug-likeness (QED) is 0.590. The van der Waals surface area contributed by atoms with E-state index in [4.69, 9.17) is 0 Å². The van der Waals surface area contributed by atoms with Crippen molar-refractivity contribution in [1.29, 1.82) is 0 Å². The molecule has 1 aromatic heterocycles. The Morgan fingerprint density at radius 1 is 1.34 bits per heavy atom. The number of amides is 2. The molecule has 2 unspecified atom stereocenters. The molecule has 0 aromatic carbocycles. The SMILES string of the molecule is Cn1nc(C(=O)O)c2c1CCN(C(=O)NCC1(C)CC(N=C=O)CC(C)(C)C1)C2. The van der Waals surface area contributed by atoms with Gasteiger partial charge in [0.15, 0.2) is 5.69 Å². The molecule has 9 heteroatoms. The normalized spacial score (nSPS) is 25.7. The van der Waals surface area contributed by atoms with Crippen molar-refractivity contribution in [3.63, 3.8) is 0 Å². The molecule has 9 nitrogen and oxygen atoms in total. The van der Waals surface area contributed by atoms with E-state index >= 15 is 0 Å². The van der Waals surface area contributed by atoms with Crippen molar-refractivity contribution in [1.82, 2.24) is 20.0 Å². The lowest BCUT2D eigenvalue weighted by Gasteiger charge is -2.45. The van der Waals surface area contributed by atoms with Crippen LogP contribution in [-0.4, -0.2) is 57.0 Å². The van der Waals surface area contributed by atoms with Gasteiger partial charge < -0.3 is 15.3 Å². The molecule has 3 rings (SSSR count).